The van der Waals surface area contributed by atoms with Crippen LogP contribution in [0, 0.1) is 5.92 Å². The van der Waals surface area contributed by atoms with Crippen molar-refractivity contribution in [1.29, 1.82) is 0 Å². The van der Waals surface area contributed by atoms with Gasteiger partial charge >= 0.3 is 0 Å². The molecule has 0 aromatic heterocycles. The molecule has 0 bridgehead atoms. The summed E-state index contributed by atoms with van der Waals surface area (Å²) in [5.41, 5.74) is 0. The van der Waals surface area contributed by atoms with Gasteiger partial charge in [0, 0.05) is 6.04 Å². The molecule has 1 rings (SSSR count). The molecule has 4 N–H and O–H groups in total. The van der Waals surface area contributed by atoms with Crippen molar-refractivity contribution in [2.75, 3.05) is 45.8 Å². The predicted octanol–water partition coefficient (Wildman–Crippen LogP) is 0.943. The number of nitrogens with one attached hydrogen (secondary N) is 4. The molecule has 4 nitrogen and oxygen atoms in total. The van der Waals surface area contributed by atoms with Gasteiger partial charge in [-0.1, -0.05) is 13.8 Å². The highest BCUT2D eigenvalue weighted by molar-refractivity contribution is 4.87. The van der Waals surface area contributed by atoms with Gasteiger partial charge in [0.15, 0.2) is 0 Å². The van der Waals surface area contributed by atoms with E-state index in [2.05, 4.69) is 35.1 Å². The molecule has 1 saturated carbocycles. The standard InChI is InChI=1S/C15H34N4/c1-3-16-9-5-11-18-13-14-7-8-15(14)19-12-6-10-17-4-2/h14-19H,3-13H2,1-2H3. The monoisotopic (exact) mass is 270 g/mol. The quantitative estimate of drug-likeness (QED) is 0.376. The average molecular weight is 270 g/mol. The van der Waals surface area contributed by atoms with Gasteiger partial charge in [0.05, 0.1) is 0 Å². The van der Waals surface area contributed by atoms with Crippen LogP contribution in [0.1, 0.15) is 39.5 Å². The first-order valence-electron chi connectivity index (χ1n) is 8.24. The number of hydrogen-bond donors (Lipinski definition) is 4. The van der Waals surface area contributed by atoms with Crippen LogP contribution in [-0.2, 0) is 0 Å². The molecule has 19 heavy (non-hydrogen) atoms. The molecular weight excluding hydrogens is 236 g/mol. The zero-order valence-electron chi connectivity index (χ0n) is 12.9. The molecule has 0 radical (unpaired) electrons. The van der Waals surface area contributed by atoms with Gasteiger partial charge in [0.1, 0.15) is 0 Å². The SMILES string of the molecule is CCNCCCNCC1CCC1NCCCNCC. The molecule has 1 fully saturated rings. The first-order valence-corrected chi connectivity index (χ1v) is 8.24. The van der Waals surface area contributed by atoms with Gasteiger partial charge in [-0.05, 0) is 77.4 Å². The van der Waals surface area contributed by atoms with Crippen LogP contribution in [0.3, 0.4) is 0 Å². The Morgan fingerprint density at radius 1 is 0.789 bits per heavy atom. The Balaban J connectivity index is 1.88. The fourth-order valence-electron chi connectivity index (χ4n) is 2.56. The first kappa shape index (κ1) is 16.9. The van der Waals surface area contributed by atoms with Gasteiger partial charge in [-0.25, -0.2) is 0 Å². The minimum atomic E-state index is 0.767. The second-order valence-corrected chi connectivity index (χ2v) is 5.52. The lowest BCUT2D eigenvalue weighted by molar-refractivity contribution is 0.204. The minimum Gasteiger partial charge on any atom is -0.317 e. The summed E-state index contributed by atoms with van der Waals surface area (Å²) in [7, 11) is 0. The van der Waals surface area contributed by atoms with E-state index in [4.69, 9.17) is 0 Å². The van der Waals surface area contributed by atoms with E-state index in [0.29, 0.717) is 0 Å². The minimum absolute atomic E-state index is 0.767. The summed E-state index contributed by atoms with van der Waals surface area (Å²) >= 11 is 0. The van der Waals surface area contributed by atoms with Crippen LogP contribution in [0.2, 0.25) is 0 Å². The predicted molar refractivity (Wildman–Crippen MR) is 83.7 cm³/mol. The lowest BCUT2D eigenvalue weighted by atomic mass is 9.79. The van der Waals surface area contributed by atoms with E-state index in [-0.39, 0.29) is 0 Å². The maximum Gasteiger partial charge on any atom is 0.0108 e. The zero-order chi connectivity index (χ0) is 13.8. The van der Waals surface area contributed by atoms with E-state index in [1.165, 1.54) is 32.2 Å². The van der Waals surface area contributed by atoms with Gasteiger partial charge in [-0.2, -0.15) is 0 Å². The van der Waals surface area contributed by atoms with Crippen LogP contribution >= 0.6 is 0 Å². The molecule has 4 heteroatoms. The van der Waals surface area contributed by atoms with Crippen molar-refractivity contribution >= 4 is 0 Å². The van der Waals surface area contributed by atoms with Crippen molar-refractivity contribution in [1.82, 2.24) is 21.3 Å². The highest BCUT2D eigenvalue weighted by Gasteiger charge is 2.29. The fraction of sp³-hybridized carbons (Fsp3) is 1.00. The molecule has 0 heterocycles. The van der Waals surface area contributed by atoms with Gasteiger partial charge < -0.3 is 21.3 Å². The summed E-state index contributed by atoms with van der Waals surface area (Å²) in [5, 5.41) is 14.0. The van der Waals surface area contributed by atoms with Crippen molar-refractivity contribution in [2.24, 2.45) is 5.92 Å². The summed E-state index contributed by atoms with van der Waals surface area (Å²) in [6.45, 7) is 12.3. The fourth-order valence-corrected chi connectivity index (χ4v) is 2.56. The van der Waals surface area contributed by atoms with E-state index in [1.54, 1.807) is 0 Å². The summed E-state index contributed by atoms with van der Waals surface area (Å²) in [6, 6.07) is 0.767. The Kier molecular flexibility index (Phi) is 10.4. The second kappa shape index (κ2) is 11.6. The molecule has 114 valence electrons. The third-order valence-corrected chi connectivity index (χ3v) is 3.97. The summed E-state index contributed by atoms with van der Waals surface area (Å²) < 4.78 is 0. The maximum absolute atomic E-state index is 3.70. The third kappa shape index (κ3) is 7.88. The Morgan fingerprint density at radius 2 is 1.42 bits per heavy atom. The molecule has 0 amide bonds. The molecule has 2 unspecified atom stereocenters. The van der Waals surface area contributed by atoms with Gasteiger partial charge in [0.2, 0.25) is 0 Å². The number of rotatable bonds is 13. The summed E-state index contributed by atoms with van der Waals surface area (Å²) in [4.78, 5) is 0. The topological polar surface area (TPSA) is 48.1 Å². The third-order valence-electron chi connectivity index (χ3n) is 3.97. The van der Waals surface area contributed by atoms with Crippen LogP contribution in [0.4, 0.5) is 0 Å². The summed E-state index contributed by atoms with van der Waals surface area (Å²) in [5.74, 6) is 0.860. The van der Waals surface area contributed by atoms with Gasteiger partial charge in [-0.3, -0.25) is 0 Å². The highest BCUT2D eigenvalue weighted by Crippen LogP contribution is 2.26. The van der Waals surface area contributed by atoms with Crippen LogP contribution < -0.4 is 21.3 Å². The lowest BCUT2D eigenvalue weighted by Gasteiger charge is -2.37. The number of hydrogen-bond acceptors (Lipinski definition) is 4. The average Bonchev–Trinajstić information content (AvgIpc) is 2.40. The van der Waals surface area contributed by atoms with E-state index < -0.39 is 0 Å². The van der Waals surface area contributed by atoms with Crippen LogP contribution in [0.5, 0.6) is 0 Å². The molecule has 0 aromatic rings. The van der Waals surface area contributed by atoms with Crippen molar-refractivity contribution in [3.8, 4) is 0 Å². The Morgan fingerprint density at radius 3 is 2.00 bits per heavy atom. The van der Waals surface area contributed by atoms with Crippen LogP contribution in [0.25, 0.3) is 0 Å². The molecule has 0 saturated heterocycles. The Bertz CT molecular complexity index is 199. The van der Waals surface area contributed by atoms with Gasteiger partial charge in [0.25, 0.3) is 0 Å². The molecule has 0 aromatic carbocycles. The molecule has 1 aliphatic carbocycles. The Hall–Kier alpha value is -0.160. The van der Waals surface area contributed by atoms with Crippen molar-refractivity contribution in [3.63, 3.8) is 0 Å². The van der Waals surface area contributed by atoms with Crippen LogP contribution in [-0.4, -0.2) is 51.9 Å². The van der Waals surface area contributed by atoms with Gasteiger partial charge in [-0.15, -0.1) is 0 Å². The zero-order valence-corrected chi connectivity index (χ0v) is 12.9. The molecule has 1 aliphatic rings. The van der Waals surface area contributed by atoms with Crippen molar-refractivity contribution < 1.29 is 0 Å². The highest BCUT2D eigenvalue weighted by atomic mass is 15.0. The lowest BCUT2D eigenvalue weighted by Crippen LogP contribution is -2.48. The van der Waals surface area contributed by atoms with Crippen molar-refractivity contribution in [3.05, 3.63) is 0 Å². The first-order chi connectivity index (χ1) is 9.38. The molecule has 2 atom stereocenters. The van der Waals surface area contributed by atoms with E-state index in [9.17, 15) is 0 Å². The smallest absolute Gasteiger partial charge is 0.0108 e. The normalized spacial score (nSPS) is 22.4. The largest absolute Gasteiger partial charge is 0.317 e. The van der Waals surface area contributed by atoms with E-state index in [1.807, 2.05) is 0 Å². The molecule has 0 spiro atoms. The van der Waals surface area contributed by atoms with Crippen molar-refractivity contribution in [2.45, 2.75) is 45.6 Å². The van der Waals surface area contributed by atoms with E-state index >= 15 is 0 Å². The van der Waals surface area contributed by atoms with Crippen LogP contribution in [0.15, 0.2) is 0 Å². The second-order valence-electron chi connectivity index (χ2n) is 5.52. The Labute approximate surface area is 119 Å². The maximum atomic E-state index is 3.70. The van der Waals surface area contributed by atoms with E-state index in [0.717, 1.165) is 51.2 Å². The summed E-state index contributed by atoms with van der Waals surface area (Å²) in [6.07, 6.45) is 5.24. The molecule has 0 aliphatic heterocycles. The molecular formula is C15H34N4.